The standard InChI is InChI=1S/C23H21ClN2/c1-15-4-6-18(7-5-15)14-26-17(3)16(2)21-12-13-25-22(23(21)26)19-8-10-20(24)11-9-19/h4-13H,14H2,1-3H3. The molecule has 0 unspecified atom stereocenters. The Morgan fingerprint density at radius 3 is 2.27 bits per heavy atom. The summed E-state index contributed by atoms with van der Waals surface area (Å²) in [4.78, 5) is 4.71. The van der Waals surface area contributed by atoms with Crippen LogP contribution in [0, 0.1) is 20.8 Å². The zero-order chi connectivity index (χ0) is 18.3. The lowest BCUT2D eigenvalue weighted by Crippen LogP contribution is -2.03. The first-order valence-electron chi connectivity index (χ1n) is 8.80. The molecular formula is C23H21ClN2. The molecule has 0 atom stereocenters. The van der Waals surface area contributed by atoms with Crippen LogP contribution in [0.2, 0.25) is 5.02 Å². The molecule has 0 fully saturated rings. The van der Waals surface area contributed by atoms with Gasteiger partial charge in [-0.1, -0.05) is 53.6 Å². The van der Waals surface area contributed by atoms with Crippen LogP contribution in [0.1, 0.15) is 22.4 Å². The highest BCUT2D eigenvalue weighted by Crippen LogP contribution is 2.33. The number of hydrogen-bond acceptors (Lipinski definition) is 1. The second kappa shape index (κ2) is 6.62. The van der Waals surface area contributed by atoms with Crippen LogP contribution in [0.3, 0.4) is 0 Å². The Balaban J connectivity index is 1.93. The van der Waals surface area contributed by atoms with Crippen molar-refractivity contribution in [1.82, 2.24) is 9.55 Å². The summed E-state index contributed by atoms with van der Waals surface area (Å²) in [5.41, 5.74) is 8.44. The largest absolute Gasteiger partial charge is 0.338 e. The lowest BCUT2D eigenvalue weighted by molar-refractivity contribution is 0.800. The average Bonchev–Trinajstić information content (AvgIpc) is 2.89. The lowest BCUT2D eigenvalue weighted by atomic mass is 10.1. The molecule has 4 rings (SSSR count). The molecule has 130 valence electrons. The highest BCUT2D eigenvalue weighted by atomic mass is 35.5. The van der Waals surface area contributed by atoms with Gasteiger partial charge in [-0.2, -0.15) is 0 Å². The van der Waals surface area contributed by atoms with Crippen molar-refractivity contribution in [1.29, 1.82) is 0 Å². The molecule has 0 spiro atoms. The van der Waals surface area contributed by atoms with Gasteiger partial charge in [0.05, 0.1) is 11.2 Å². The summed E-state index contributed by atoms with van der Waals surface area (Å²) in [6, 6.07) is 18.8. The van der Waals surface area contributed by atoms with Gasteiger partial charge in [0, 0.05) is 34.4 Å². The maximum atomic E-state index is 6.07. The van der Waals surface area contributed by atoms with E-state index < -0.39 is 0 Å². The van der Waals surface area contributed by atoms with E-state index in [2.05, 4.69) is 55.7 Å². The number of nitrogens with zero attached hydrogens (tertiary/aromatic N) is 2. The summed E-state index contributed by atoms with van der Waals surface area (Å²) >= 11 is 6.07. The van der Waals surface area contributed by atoms with Crippen LogP contribution in [0.5, 0.6) is 0 Å². The monoisotopic (exact) mass is 360 g/mol. The van der Waals surface area contributed by atoms with Crippen LogP contribution in [0.25, 0.3) is 22.2 Å². The van der Waals surface area contributed by atoms with Gasteiger partial charge in [-0.15, -0.1) is 0 Å². The molecule has 2 aromatic carbocycles. The topological polar surface area (TPSA) is 17.8 Å². The third kappa shape index (κ3) is 2.91. The average molecular weight is 361 g/mol. The summed E-state index contributed by atoms with van der Waals surface area (Å²) in [6.07, 6.45) is 1.90. The molecule has 0 amide bonds. The molecule has 0 saturated heterocycles. The molecule has 2 nitrogen and oxygen atoms in total. The predicted octanol–water partition coefficient (Wildman–Crippen LogP) is 6.33. The molecule has 0 aliphatic heterocycles. The second-order valence-electron chi connectivity index (χ2n) is 6.84. The van der Waals surface area contributed by atoms with E-state index in [4.69, 9.17) is 16.6 Å². The quantitative estimate of drug-likeness (QED) is 0.417. The number of halogens is 1. The first-order valence-corrected chi connectivity index (χ1v) is 9.18. The number of rotatable bonds is 3. The maximum Gasteiger partial charge on any atom is 0.0945 e. The Kier molecular flexibility index (Phi) is 4.29. The number of hydrogen-bond donors (Lipinski definition) is 0. The predicted molar refractivity (Wildman–Crippen MR) is 110 cm³/mol. The van der Waals surface area contributed by atoms with Crippen LogP contribution < -0.4 is 0 Å². The first kappa shape index (κ1) is 16.9. The van der Waals surface area contributed by atoms with Crippen LogP contribution in [-0.2, 0) is 6.54 Å². The van der Waals surface area contributed by atoms with Gasteiger partial charge in [-0.3, -0.25) is 4.98 Å². The molecule has 0 N–H and O–H groups in total. The number of benzene rings is 2. The Morgan fingerprint density at radius 2 is 1.58 bits per heavy atom. The van der Waals surface area contributed by atoms with Crippen molar-refractivity contribution in [2.24, 2.45) is 0 Å². The molecule has 0 bridgehead atoms. The molecule has 26 heavy (non-hydrogen) atoms. The van der Waals surface area contributed by atoms with Gasteiger partial charge in [0.15, 0.2) is 0 Å². The van der Waals surface area contributed by atoms with E-state index in [9.17, 15) is 0 Å². The van der Waals surface area contributed by atoms with Crippen molar-refractivity contribution in [3.05, 3.63) is 88.2 Å². The fraction of sp³-hybridized carbons (Fsp3) is 0.174. The van der Waals surface area contributed by atoms with Gasteiger partial charge in [0.1, 0.15) is 0 Å². The lowest BCUT2D eigenvalue weighted by Gasteiger charge is -2.12. The minimum Gasteiger partial charge on any atom is -0.338 e. The number of fused-ring (bicyclic) bond motifs is 1. The van der Waals surface area contributed by atoms with E-state index in [0.29, 0.717) is 0 Å². The van der Waals surface area contributed by atoms with E-state index in [1.807, 2.05) is 30.5 Å². The third-order valence-electron chi connectivity index (χ3n) is 5.12. The molecule has 2 heterocycles. The Labute approximate surface area is 159 Å². The smallest absolute Gasteiger partial charge is 0.0945 e. The van der Waals surface area contributed by atoms with E-state index >= 15 is 0 Å². The molecular weight excluding hydrogens is 340 g/mol. The van der Waals surface area contributed by atoms with E-state index in [1.165, 1.54) is 33.3 Å². The summed E-state index contributed by atoms with van der Waals surface area (Å²) in [7, 11) is 0. The van der Waals surface area contributed by atoms with E-state index in [-0.39, 0.29) is 0 Å². The number of aryl methyl sites for hydroxylation is 2. The highest BCUT2D eigenvalue weighted by Gasteiger charge is 2.16. The summed E-state index contributed by atoms with van der Waals surface area (Å²) in [5.74, 6) is 0. The molecule has 2 aromatic heterocycles. The SMILES string of the molecule is Cc1ccc(Cn2c(C)c(C)c3ccnc(-c4ccc(Cl)cc4)c32)cc1. The minimum absolute atomic E-state index is 0.739. The maximum absolute atomic E-state index is 6.07. The highest BCUT2D eigenvalue weighted by molar-refractivity contribution is 6.30. The summed E-state index contributed by atoms with van der Waals surface area (Å²) in [6.45, 7) is 7.33. The van der Waals surface area contributed by atoms with E-state index in [1.54, 1.807) is 0 Å². The van der Waals surface area contributed by atoms with Crippen LogP contribution >= 0.6 is 11.6 Å². The third-order valence-corrected chi connectivity index (χ3v) is 5.38. The number of aromatic nitrogens is 2. The zero-order valence-electron chi connectivity index (χ0n) is 15.3. The van der Waals surface area contributed by atoms with Crippen molar-refractivity contribution in [3.63, 3.8) is 0 Å². The van der Waals surface area contributed by atoms with Gasteiger partial charge in [0.2, 0.25) is 0 Å². The van der Waals surface area contributed by atoms with Crippen LogP contribution in [0.4, 0.5) is 0 Å². The van der Waals surface area contributed by atoms with Crippen molar-refractivity contribution in [2.75, 3.05) is 0 Å². The second-order valence-corrected chi connectivity index (χ2v) is 7.28. The van der Waals surface area contributed by atoms with Gasteiger partial charge in [-0.05, 0) is 50.1 Å². The molecule has 0 saturated carbocycles. The van der Waals surface area contributed by atoms with Gasteiger partial charge in [0.25, 0.3) is 0 Å². The molecule has 0 aliphatic carbocycles. The Bertz CT molecular complexity index is 1070. The van der Waals surface area contributed by atoms with Crippen molar-refractivity contribution in [3.8, 4) is 11.3 Å². The normalized spacial score (nSPS) is 11.2. The molecule has 0 aliphatic rings. The number of pyridine rings is 1. The van der Waals surface area contributed by atoms with Crippen molar-refractivity contribution >= 4 is 22.5 Å². The first-order chi connectivity index (χ1) is 12.5. The Morgan fingerprint density at radius 1 is 0.885 bits per heavy atom. The van der Waals surface area contributed by atoms with Crippen LogP contribution in [-0.4, -0.2) is 9.55 Å². The van der Waals surface area contributed by atoms with Gasteiger partial charge < -0.3 is 4.57 Å². The van der Waals surface area contributed by atoms with Crippen molar-refractivity contribution < 1.29 is 0 Å². The van der Waals surface area contributed by atoms with E-state index in [0.717, 1.165) is 22.8 Å². The molecule has 3 heteroatoms. The fourth-order valence-electron chi connectivity index (χ4n) is 3.49. The minimum atomic E-state index is 0.739. The Hall–Kier alpha value is -2.58. The van der Waals surface area contributed by atoms with Gasteiger partial charge in [-0.25, -0.2) is 0 Å². The van der Waals surface area contributed by atoms with Crippen molar-refractivity contribution in [2.45, 2.75) is 27.3 Å². The fourth-order valence-corrected chi connectivity index (χ4v) is 3.61. The molecule has 4 aromatic rings. The summed E-state index contributed by atoms with van der Waals surface area (Å²) in [5, 5.41) is 2.00. The summed E-state index contributed by atoms with van der Waals surface area (Å²) < 4.78 is 2.38. The molecule has 0 radical (unpaired) electrons. The van der Waals surface area contributed by atoms with Gasteiger partial charge >= 0.3 is 0 Å². The zero-order valence-corrected chi connectivity index (χ0v) is 16.0. The van der Waals surface area contributed by atoms with Crippen LogP contribution in [0.15, 0.2) is 60.8 Å².